The van der Waals surface area contributed by atoms with E-state index in [4.69, 9.17) is 32.7 Å². The van der Waals surface area contributed by atoms with Gasteiger partial charge in [-0.3, -0.25) is 4.79 Å². The fourth-order valence-corrected chi connectivity index (χ4v) is 3.22. The second-order valence-corrected chi connectivity index (χ2v) is 6.11. The number of hydrogen-bond acceptors (Lipinski definition) is 3. The molecule has 0 spiro atoms. The molecule has 1 aromatic rings. The zero-order chi connectivity index (χ0) is 14.8. The maximum atomic E-state index is 12.6. The Balaban J connectivity index is 1.78. The summed E-state index contributed by atoms with van der Waals surface area (Å²) in [5.41, 5.74) is 1.02. The van der Waals surface area contributed by atoms with Crippen molar-refractivity contribution in [3.63, 3.8) is 0 Å². The highest BCUT2D eigenvalue weighted by molar-refractivity contribution is 6.42. The van der Waals surface area contributed by atoms with E-state index in [1.54, 1.807) is 6.07 Å². The van der Waals surface area contributed by atoms with Crippen LogP contribution in [-0.2, 0) is 14.3 Å². The van der Waals surface area contributed by atoms with Crippen LogP contribution in [-0.4, -0.2) is 43.3 Å². The standard InChI is InChI=1S/C15H17Cl2NO3/c16-11-4-3-10(8-12(11)17)13-2-1-5-18(13)15(19)14-9-20-6-7-21-14/h3-4,8,13-14H,1-2,5-7,9H2. The fraction of sp³-hybridized carbons (Fsp3) is 0.533. The second kappa shape index (κ2) is 6.53. The van der Waals surface area contributed by atoms with Gasteiger partial charge in [0.1, 0.15) is 0 Å². The lowest BCUT2D eigenvalue weighted by molar-refractivity contribution is -0.158. The second-order valence-electron chi connectivity index (χ2n) is 5.30. The first-order chi connectivity index (χ1) is 10.2. The highest BCUT2D eigenvalue weighted by atomic mass is 35.5. The molecule has 0 aromatic heterocycles. The average molecular weight is 330 g/mol. The molecule has 2 aliphatic rings. The van der Waals surface area contributed by atoms with Gasteiger partial charge >= 0.3 is 0 Å². The van der Waals surface area contributed by atoms with E-state index in [0.29, 0.717) is 29.9 Å². The molecule has 2 unspecified atom stereocenters. The maximum Gasteiger partial charge on any atom is 0.254 e. The highest BCUT2D eigenvalue weighted by Gasteiger charge is 2.35. The predicted octanol–water partition coefficient (Wildman–Crippen LogP) is 3.07. The molecule has 2 saturated heterocycles. The van der Waals surface area contributed by atoms with E-state index in [9.17, 15) is 4.79 Å². The molecule has 3 rings (SSSR count). The van der Waals surface area contributed by atoms with Crippen molar-refractivity contribution >= 4 is 29.1 Å². The molecule has 0 aliphatic carbocycles. The highest BCUT2D eigenvalue weighted by Crippen LogP contribution is 2.35. The Hall–Kier alpha value is -0.810. The van der Waals surface area contributed by atoms with Gasteiger partial charge in [-0.15, -0.1) is 0 Å². The van der Waals surface area contributed by atoms with Crippen LogP contribution in [0.5, 0.6) is 0 Å². The summed E-state index contributed by atoms with van der Waals surface area (Å²) < 4.78 is 10.8. The Morgan fingerprint density at radius 3 is 2.81 bits per heavy atom. The molecule has 0 radical (unpaired) electrons. The number of ether oxygens (including phenoxy) is 2. The van der Waals surface area contributed by atoms with E-state index >= 15 is 0 Å². The number of halogens is 2. The zero-order valence-electron chi connectivity index (χ0n) is 11.6. The third-order valence-electron chi connectivity index (χ3n) is 3.96. The van der Waals surface area contributed by atoms with Crippen molar-refractivity contribution in [1.29, 1.82) is 0 Å². The Morgan fingerprint density at radius 2 is 2.10 bits per heavy atom. The van der Waals surface area contributed by atoms with E-state index < -0.39 is 6.10 Å². The molecule has 2 aliphatic heterocycles. The SMILES string of the molecule is O=C(C1COCCO1)N1CCCC1c1ccc(Cl)c(Cl)c1. The summed E-state index contributed by atoms with van der Waals surface area (Å²) in [6.07, 6.45) is 1.42. The first kappa shape index (κ1) is 15.1. The van der Waals surface area contributed by atoms with Gasteiger partial charge in [0, 0.05) is 6.54 Å². The lowest BCUT2D eigenvalue weighted by Gasteiger charge is -2.31. The van der Waals surface area contributed by atoms with Crippen LogP contribution in [0.2, 0.25) is 10.0 Å². The van der Waals surface area contributed by atoms with Gasteiger partial charge in [0.15, 0.2) is 6.10 Å². The van der Waals surface area contributed by atoms with Gasteiger partial charge in [-0.1, -0.05) is 29.3 Å². The Morgan fingerprint density at radius 1 is 1.24 bits per heavy atom. The minimum Gasteiger partial charge on any atom is -0.376 e. The summed E-state index contributed by atoms with van der Waals surface area (Å²) in [6, 6.07) is 5.60. The Bertz CT molecular complexity index is 532. The summed E-state index contributed by atoms with van der Waals surface area (Å²) in [6.45, 7) is 2.11. The van der Waals surface area contributed by atoms with Crippen LogP contribution in [0.25, 0.3) is 0 Å². The molecule has 0 N–H and O–H groups in total. The first-order valence-electron chi connectivity index (χ1n) is 7.11. The van der Waals surface area contributed by atoms with Crippen LogP contribution in [0.15, 0.2) is 18.2 Å². The first-order valence-corrected chi connectivity index (χ1v) is 7.87. The molecule has 0 bridgehead atoms. The largest absolute Gasteiger partial charge is 0.376 e. The van der Waals surface area contributed by atoms with E-state index in [0.717, 1.165) is 24.9 Å². The van der Waals surface area contributed by atoms with Crippen LogP contribution in [0, 0.1) is 0 Å². The summed E-state index contributed by atoms with van der Waals surface area (Å²) in [5, 5.41) is 1.05. The summed E-state index contributed by atoms with van der Waals surface area (Å²) >= 11 is 12.0. The monoisotopic (exact) mass is 329 g/mol. The number of nitrogens with zero attached hydrogens (tertiary/aromatic N) is 1. The molecule has 4 nitrogen and oxygen atoms in total. The maximum absolute atomic E-state index is 12.6. The zero-order valence-corrected chi connectivity index (χ0v) is 13.1. The topological polar surface area (TPSA) is 38.8 Å². The number of hydrogen-bond donors (Lipinski definition) is 0. The normalized spacial score (nSPS) is 26.1. The van der Waals surface area contributed by atoms with Crippen molar-refractivity contribution in [2.45, 2.75) is 25.0 Å². The molecular weight excluding hydrogens is 313 g/mol. The molecule has 2 fully saturated rings. The van der Waals surface area contributed by atoms with Crippen LogP contribution in [0.1, 0.15) is 24.4 Å². The smallest absolute Gasteiger partial charge is 0.254 e. The number of amides is 1. The van der Waals surface area contributed by atoms with Gasteiger partial charge in [-0.2, -0.15) is 0 Å². The number of carbonyl (C=O) groups is 1. The van der Waals surface area contributed by atoms with E-state index in [2.05, 4.69) is 0 Å². The minimum atomic E-state index is -0.484. The summed E-state index contributed by atoms with van der Waals surface area (Å²) in [7, 11) is 0. The number of rotatable bonds is 2. The van der Waals surface area contributed by atoms with E-state index in [-0.39, 0.29) is 11.9 Å². The van der Waals surface area contributed by atoms with Crippen LogP contribution in [0.3, 0.4) is 0 Å². The average Bonchev–Trinajstić information content (AvgIpc) is 2.99. The van der Waals surface area contributed by atoms with Crippen molar-refractivity contribution in [2.24, 2.45) is 0 Å². The van der Waals surface area contributed by atoms with Crippen LogP contribution >= 0.6 is 23.2 Å². The third kappa shape index (κ3) is 3.19. The van der Waals surface area contributed by atoms with E-state index in [1.807, 2.05) is 17.0 Å². The lowest BCUT2D eigenvalue weighted by atomic mass is 10.0. The molecular formula is C15H17Cl2NO3. The van der Waals surface area contributed by atoms with Crippen molar-refractivity contribution in [3.05, 3.63) is 33.8 Å². The Kier molecular flexibility index (Phi) is 4.69. The van der Waals surface area contributed by atoms with Crippen molar-refractivity contribution in [3.8, 4) is 0 Å². The van der Waals surface area contributed by atoms with Crippen LogP contribution in [0.4, 0.5) is 0 Å². The molecule has 21 heavy (non-hydrogen) atoms. The van der Waals surface area contributed by atoms with Crippen molar-refractivity contribution in [1.82, 2.24) is 4.90 Å². The van der Waals surface area contributed by atoms with Gasteiger partial charge in [0.2, 0.25) is 0 Å². The summed E-state index contributed by atoms with van der Waals surface area (Å²) in [4.78, 5) is 14.5. The van der Waals surface area contributed by atoms with Gasteiger partial charge < -0.3 is 14.4 Å². The predicted molar refractivity (Wildman–Crippen MR) is 80.7 cm³/mol. The van der Waals surface area contributed by atoms with Crippen molar-refractivity contribution < 1.29 is 14.3 Å². The number of benzene rings is 1. The fourth-order valence-electron chi connectivity index (χ4n) is 2.91. The van der Waals surface area contributed by atoms with Gasteiger partial charge in [-0.25, -0.2) is 0 Å². The Labute approximate surface area is 133 Å². The molecule has 6 heteroatoms. The minimum absolute atomic E-state index is 0.00303. The number of carbonyl (C=O) groups excluding carboxylic acids is 1. The quantitative estimate of drug-likeness (QED) is 0.837. The van der Waals surface area contributed by atoms with Gasteiger partial charge in [0.25, 0.3) is 5.91 Å². The lowest BCUT2D eigenvalue weighted by Crippen LogP contribution is -2.45. The van der Waals surface area contributed by atoms with Crippen LogP contribution < -0.4 is 0 Å². The molecule has 1 amide bonds. The van der Waals surface area contributed by atoms with E-state index in [1.165, 1.54) is 0 Å². The van der Waals surface area contributed by atoms with Gasteiger partial charge in [-0.05, 0) is 30.5 Å². The van der Waals surface area contributed by atoms with Crippen molar-refractivity contribution in [2.75, 3.05) is 26.4 Å². The third-order valence-corrected chi connectivity index (χ3v) is 4.69. The summed E-state index contributed by atoms with van der Waals surface area (Å²) in [5.74, 6) is 0.00303. The molecule has 2 atom stereocenters. The van der Waals surface area contributed by atoms with Gasteiger partial charge in [0.05, 0.1) is 35.9 Å². The molecule has 114 valence electrons. The molecule has 2 heterocycles. The molecule has 0 saturated carbocycles. The number of likely N-dealkylation sites (tertiary alicyclic amines) is 1. The molecule has 1 aromatic carbocycles.